The van der Waals surface area contributed by atoms with Gasteiger partial charge in [0.2, 0.25) is 23.4 Å². The number of aryl methyl sites for hydroxylation is 1. The van der Waals surface area contributed by atoms with Crippen LogP contribution in [0.2, 0.25) is 10.0 Å². The number of benzene rings is 2. The third-order valence-electron chi connectivity index (χ3n) is 6.14. The first-order chi connectivity index (χ1) is 20.3. The molecule has 0 saturated heterocycles. The number of imidazole rings is 1. The van der Waals surface area contributed by atoms with Gasteiger partial charge in [-0.25, -0.2) is 14.1 Å². The van der Waals surface area contributed by atoms with E-state index in [0.717, 1.165) is 0 Å². The summed E-state index contributed by atoms with van der Waals surface area (Å²) in [5.41, 5.74) is 5.28. The fourth-order valence-electron chi connectivity index (χ4n) is 4.21. The van der Waals surface area contributed by atoms with Gasteiger partial charge in [-0.05, 0) is 41.1 Å². The van der Waals surface area contributed by atoms with Crippen LogP contribution < -0.4 is 15.5 Å². The summed E-state index contributed by atoms with van der Waals surface area (Å²) in [6.45, 7) is 1.59. The van der Waals surface area contributed by atoms with Gasteiger partial charge >= 0.3 is 5.91 Å². The molecule has 15 heteroatoms. The molecular formula is C27H19Cl2FN8O4. The Balaban J connectivity index is 1.28. The fourth-order valence-corrected chi connectivity index (χ4v) is 4.79. The number of nitrogens with one attached hydrogen (secondary N) is 2. The molecule has 0 atom stereocenters. The summed E-state index contributed by atoms with van der Waals surface area (Å²) >= 11 is 12.7. The fraction of sp³-hybridized carbons (Fsp3) is 0.111. The zero-order valence-corrected chi connectivity index (χ0v) is 23.4. The number of carbonyl (C=O) groups is 1. The molecule has 6 rings (SSSR count). The summed E-state index contributed by atoms with van der Waals surface area (Å²) in [5, 5.41) is 11.2. The molecule has 42 heavy (non-hydrogen) atoms. The van der Waals surface area contributed by atoms with Crippen LogP contribution in [0.15, 0.2) is 63.8 Å². The van der Waals surface area contributed by atoms with E-state index in [9.17, 15) is 4.79 Å². The first-order valence-electron chi connectivity index (χ1n) is 12.3. The van der Waals surface area contributed by atoms with Crippen LogP contribution in [-0.4, -0.2) is 43.0 Å². The van der Waals surface area contributed by atoms with Crippen LogP contribution >= 0.6 is 23.2 Å². The van der Waals surface area contributed by atoms with Crippen LogP contribution in [0.3, 0.4) is 0 Å². The zero-order chi connectivity index (χ0) is 29.4. The first kappa shape index (κ1) is 27.2. The van der Waals surface area contributed by atoms with Gasteiger partial charge < -0.3 is 19.1 Å². The number of pyridine rings is 1. The lowest BCUT2D eigenvalue weighted by molar-refractivity contribution is 0.0973. The van der Waals surface area contributed by atoms with Crippen molar-refractivity contribution in [2.75, 3.05) is 17.9 Å². The van der Waals surface area contributed by atoms with Gasteiger partial charge in [0, 0.05) is 29.3 Å². The molecular weight excluding hydrogens is 590 g/mol. The molecule has 0 aliphatic rings. The van der Waals surface area contributed by atoms with Gasteiger partial charge in [-0.2, -0.15) is 4.98 Å². The summed E-state index contributed by atoms with van der Waals surface area (Å²) in [5.74, 6) is -0.313. The van der Waals surface area contributed by atoms with E-state index in [1.807, 2.05) is 0 Å². The largest absolute Gasteiger partial charge is 0.479 e. The highest BCUT2D eigenvalue weighted by Gasteiger charge is 2.21. The molecule has 0 radical (unpaired) electrons. The SMILES string of the molecule is COc1cc(C(=O)Nn2c(NCc3ncc(-c4cc(Cl)cc(Cl)c4-c4noc(C)n4)cc3F)nc3ccccc32)on1. The quantitative estimate of drug-likeness (QED) is 0.214. The molecule has 0 saturated carbocycles. The minimum absolute atomic E-state index is 0.0609. The minimum atomic E-state index is -0.605. The Kier molecular flexibility index (Phi) is 7.19. The second-order valence-corrected chi connectivity index (χ2v) is 9.73. The van der Waals surface area contributed by atoms with Crippen molar-refractivity contribution in [1.82, 2.24) is 29.9 Å². The summed E-state index contributed by atoms with van der Waals surface area (Å²) < 4.78 is 31.9. The van der Waals surface area contributed by atoms with Crippen molar-refractivity contribution in [3.8, 4) is 28.4 Å². The van der Waals surface area contributed by atoms with Gasteiger partial charge in [-0.15, -0.1) is 0 Å². The molecule has 6 aromatic rings. The molecule has 12 nitrogen and oxygen atoms in total. The zero-order valence-electron chi connectivity index (χ0n) is 21.9. The number of rotatable bonds is 8. The number of methoxy groups -OCH3 is 1. The predicted molar refractivity (Wildman–Crippen MR) is 151 cm³/mol. The second kappa shape index (κ2) is 11.1. The van der Waals surface area contributed by atoms with Crippen LogP contribution in [0.5, 0.6) is 5.88 Å². The van der Waals surface area contributed by atoms with E-state index in [2.05, 4.69) is 36.0 Å². The van der Waals surface area contributed by atoms with E-state index in [4.69, 9.17) is 37.0 Å². The first-order valence-corrected chi connectivity index (χ1v) is 13.0. The molecule has 1 amide bonds. The van der Waals surface area contributed by atoms with E-state index in [0.29, 0.717) is 38.6 Å². The summed E-state index contributed by atoms with van der Waals surface area (Å²) in [6.07, 6.45) is 1.49. The monoisotopic (exact) mass is 608 g/mol. The number of ether oxygens (including phenoxy) is 1. The molecule has 4 heterocycles. The topological polar surface area (TPSA) is 146 Å². The molecule has 2 aromatic carbocycles. The number of para-hydroxylation sites is 2. The van der Waals surface area contributed by atoms with Crippen LogP contribution in [-0.2, 0) is 6.54 Å². The number of hydrogen-bond acceptors (Lipinski definition) is 10. The molecule has 0 aliphatic heterocycles. The molecule has 0 unspecified atom stereocenters. The standard InChI is InChI=1S/C27H19Cl2FN8O4/c1-13-33-25(37-41-13)24-16(8-15(28)9-17(24)29)14-7-18(30)20(31-11-14)12-32-27-34-19-5-3-4-6-21(19)38(27)35-26(39)22-10-23(40-2)36-42-22/h3-11H,12H2,1-2H3,(H,32,34)(H,35,39). The lowest BCUT2D eigenvalue weighted by Crippen LogP contribution is -2.24. The molecule has 0 spiro atoms. The molecule has 0 fully saturated rings. The second-order valence-electron chi connectivity index (χ2n) is 8.89. The molecule has 212 valence electrons. The number of anilines is 1. The Morgan fingerprint density at radius 3 is 2.67 bits per heavy atom. The maximum Gasteiger partial charge on any atom is 0.308 e. The lowest BCUT2D eigenvalue weighted by Gasteiger charge is -2.13. The van der Waals surface area contributed by atoms with Crippen LogP contribution in [0.1, 0.15) is 22.1 Å². The van der Waals surface area contributed by atoms with Crippen molar-refractivity contribution in [1.29, 1.82) is 0 Å². The van der Waals surface area contributed by atoms with E-state index < -0.39 is 11.7 Å². The van der Waals surface area contributed by atoms with Crippen LogP contribution in [0, 0.1) is 12.7 Å². The van der Waals surface area contributed by atoms with Gasteiger partial charge in [0.25, 0.3) is 5.88 Å². The number of aromatic nitrogens is 6. The van der Waals surface area contributed by atoms with E-state index >= 15 is 4.39 Å². The van der Waals surface area contributed by atoms with Gasteiger partial charge in [0.1, 0.15) is 5.82 Å². The number of carbonyl (C=O) groups excluding carboxylic acids is 1. The average Bonchev–Trinajstić information content (AvgIpc) is 3.71. The minimum Gasteiger partial charge on any atom is -0.479 e. The van der Waals surface area contributed by atoms with Gasteiger partial charge in [-0.1, -0.05) is 40.5 Å². The lowest BCUT2D eigenvalue weighted by atomic mass is 10.00. The van der Waals surface area contributed by atoms with Gasteiger partial charge in [0.05, 0.1) is 41.5 Å². The highest BCUT2D eigenvalue weighted by Crippen LogP contribution is 2.39. The van der Waals surface area contributed by atoms with Crippen molar-refractivity contribution < 1.29 is 23.0 Å². The van der Waals surface area contributed by atoms with Crippen molar-refractivity contribution in [2.45, 2.75) is 13.5 Å². The number of fused-ring (bicyclic) bond motifs is 1. The number of halogens is 3. The van der Waals surface area contributed by atoms with Crippen molar-refractivity contribution in [3.05, 3.63) is 87.9 Å². The average molecular weight is 609 g/mol. The van der Waals surface area contributed by atoms with Crippen molar-refractivity contribution in [2.24, 2.45) is 0 Å². The van der Waals surface area contributed by atoms with Crippen LogP contribution in [0.25, 0.3) is 33.5 Å². The molecule has 2 N–H and O–H groups in total. The van der Waals surface area contributed by atoms with Crippen molar-refractivity contribution >= 4 is 46.1 Å². The molecule has 0 bridgehead atoms. The number of nitrogens with zero attached hydrogens (tertiary/aromatic N) is 6. The van der Waals surface area contributed by atoms with Crippen molar-refractivity contribution in [3.63, 3.8) is 0 Å². The Bertz CT molecular complexity index is 1950. The van der Waals surface area contributed by atoms with Gasteiger partial charge in [-0.3, -0.25) is 15.2 Å². The Morgan fingerprint density at radius 2 is 1.93 bits per heavy atom. The Labute approximate surface area is 246 Å². The Morgan fingerprint density at radius 1 is 1.10 bits per heavy atom. The normalized spacial score (nSPS) is 11.2. The van der Waals surface area contributed by atoms with E-state index in [1.54, 1.807) is 43.3 Å². The van der Waals surface area contributed by atoms with Gasteiger partial charge in [0.15, 0.2) is 0 Å². The predicted octanol–water partition coefficient (Wildman–Crippen LogP) is 5.90. The summed E-state index contributed by atoms with van der Waals surface area (Å²) in [6, 6.07) is 13.0. The van der Waals surface area contributed by atoms with Crippen LogP contribution in [0.4, 0.5) is 10.3 Å². The summed E-state index contributed by atoms with van der Waals surface area (Å²) in [4.78, 5) is 25.9. The summed E-state index contributed by atoms with van der Waals surface area (Å²) in [7, 11) is 1.41. The highest BCUT2D eigenvalue weighted by atomic mass is 35.5. The number of hydrogen-bond donors (Lipinski definition) is 2. The van der Waals surface area contributed by atoms with E-state index in [-0.39, 0.29) is 40.7 Å². The Hall–Kier alpha value is -5.01. The molecule has 0 aliphatic carbocycles. The maximum absolute atomic E-state index is 15.4. The highest BCUT2D eigenvalue weighted by molar-refractivity contribution is 6.37. The van der Waals surface area contributed by atoms with E-state index in [1.165, 1.54) is 30.1 Å². The molecule has 4 aromatic heterocycles. The smallest absolute Gasteiger partial charge is 0.308 e. The maximum atomic E-state index is 15.4. The third kappa shape index (κ3) is 5.22. The number of amides is 1. The third-order valence-corrected chi connectivity index (χ3v) is 6.66.